The maximum absolute atomic E-state index is 12.2. The van der Waals surface area contributed by atoms with E-state index in [0.717, 1.165) is 16.6 Å². The molecule has 0 bridgehead atoms. The molecule has 6 heteroatoms. The standard InChI is InChI=1S/C20H21N3O3.H2/c1-11(21)18(12(2)24)13-9-15(14-7-5-6-8-17(14)26-4)19-16(10-13)22-20(25)23(19)3;/h5-10H,21H2,1-4H3,(H,22,25);1H/b18-11+;. The van der Waals surface area contributed by atoms with E-state index in [9.17, 15) is 9.59 Å². The number of ether oxygens (including phenoxy) is 1. The summed E-state index contributed by atoms with van der Waals surface area (Å²) in [6.07, 6.45) is 0. The van der Waals surface area contributed by atoms with Gasteiger partial charge in [0.1, 0.15) is 5.75 Å². The second-order valence-electron chi connectivity index (χ2n) is 6.22. The molecule has 0 aliphatic heterocycles. The smallest absolute Gasteiger partial charge is 0.326 e. The number of benzene rings is 2. The SMILES string of the molecule is COc1ccccc1-c1cc(/C(C(C)=O)=C(\C)N)cc2[nH]c(=O)n(C)c12.[HH]. The summed E-state index contributed by atoms with van der Waals surface area (Å²) < 4.78 is 7.04. The van der Waals surface area contributed by atoms with Crippen molar-refractivity contribution >= 4 is 22.4 Å². The number of para-hydroxylation sites is 1. The number of hydrogen-bond acceptors (Lipinski definition) is 4. The molecule has 0 amide bonds. The van der Waals surface area contributed by atoms with Crippen LogP contribution in [-0.2, 0) is 11.8 Å². The first-order chi connectivity index (χ1) is 12.3. The number of carbonyl (C=O) groups is 1. The maximum Gasteiger partial charge on any atom is 0.326 e. The molecule has 0 saturated carbocycles. The monoisotopic (exact) mass is 353 g/mol. The Balaban J connectivity index is 0.00000261. The van der Waals surface area contributed by atoms with E-state index in [2.05, 4.69) is 4.98 Å². The zero-order valence-electron chi connectivity index (χ0n) is 15.2. The molecule has 0 spiro atoms. The molecule has 0 aliphatic rings. The topological polar surface area (TPSA) is 90.1 Å². The molecule has 26 heavy (non-hydrogen) atoms. The lowest BCUT2D eigenvalue weighted by atomic mass is 9.94. The van der Waals surface area contributed by atoms with Crippen molar-refractivity contribution in [3.05, 3.63) is 58.1 Å². The minimum atomic E-state index is -0.230. The van der Waals surface area contributed by atoms with E-state index in [1.165, 1.54) is 6.92 Å². The van der Waals surface area contributed by atoms with Gasteiger partial charge in [0, 0.05) is 30.9 Å². The molecule has 0 radical (unpaired) electrons. The van der Waals surface area contributed by atoms with Gasteiger partial charge in [-0.05, 0) is 37.6 Å². The van der Waals surface area contributed by atoms with E-state index in [-0.39, 0.29) is 12.9 Å². The van der Waals surface area contributed by atoms with Crippen molar-refractivity contribution in [2.75, 3.05) is 7.11 Å². The largest absolute Gasteiger partial charge is 0.496 e. The van der Waals surface area contributed by atoms with Crippen LogP contribution in [0.3, 0.4) is 0 Å². The van der Waals surface area contributed by atoms with Crippen LogP contribution in [0.2, 0.25) is 0 Å². The zero-order valence-corrected chi connectivity index (χ0v) is 15.2. The Morgan fingerprint density at radius 3 is 2.50 bits per heavy atom. The number of nitrogens with one attached hydrogen (secondary N) is 1. The lowest BCUT2D eigenvalue weighted by Crippen LogP contribution is -2.12. The molecule has 2 aromatic carbocycles. The fourth-order valence-corrected chi connectivity index (χ4v) is 3.32. The first-order valence-electron chi connectivity index (χ1n) is 8.19. The van der Waals surface area contributed by atoms with E-state index in [1.54, 1.807) is 31.7 Å². The Kier molecular flexibility index (Phi) is 4.42. The van der Waals surface area contributed by atoms with Gasteiger partial charge in [0.2, 0.25) is 0 Å². The Labute approximate surface area is 152 Å². The van der Waals surface area contributed by atoms with Crippen LogP contribution in [0.25, 0.3) is 27.7 Å². The van der Waals surface area contributed by atoms with Crippen LogP contribution in [0.15, 0.2) is 46.9 Å². The van der Waals surface area contributed by atoms with Gasteiger partial charge in [-0.25, -0.2) is 4.79 Å². The Morgan fingerprint density at radius 2 is 1.88 bits per heavy atom. The lowest BCUT2D eigenvalue weighted by molar-refractivity contribution is -0.111. The van der Waals surface area contributed by atoms with Gasteiger partial charge in [-0.3, -0.25) is 9.36 Å². The van der Waals surface area contributed by atoms with Gasteiger partial charge in [-0.15, -0.1) is 0 Å². The number of hydrogen-bond donors (Lipinski definition) is 2. The third-order valence-electron chi connectivity index (χ3n) is 4.42. The summed E-state index contributed by atoms with van der Waals surface area (Å²) in [6.45, 7) is 3.17. The van der Waals surface area contributed by atoms with E-state index < -0.39 is 0 Å². The van der Waals surface area contributed by atoms with Gasteiger partial charge in [0.25, 0.3) is 0 Å². The van der Waals surface area contributed by atoms with Crippen LogP contribution >= 0.6 is 0 Å². The first kappa shape index (κ1) is 17.5. The van der Waals surface area contributed by atoms with Crippen molar-refractivity contribution < 1.29 is 11.0 Å². The third kappa shape index (κ3) is 2.79. The number of Topliss-reactive ketones (excluding diaryl/α,β-unsaturated/α-hetero) is 1. The van der Waals surface area contributed by atoms with E-state index in [1.807, 2.05) is 30.3 Å². The van der Waals surface area contributed by atoms with Crippen molar-refractivity contribution in [1.29, 1.82) is 0 Å². The van der Waals surface area contributed by atoms with Gasteiger partial charge in [-0.2, -0.15) is 0 Å². The number of rotatable bonds is 4. The van der Waals surface area contributed by atoms with Crippen molar-refractivity contribution in [2.24, 2.45) is 12.8 Å². The number of imidazole rings is 1. The fourth-order valence-electron chi connectivity index (χ4n) is 3.32. The molecular formula is C20H23N3O3. The highest BCUT2D eigenvalue weighted by atomic mass is 16.5. The molecule has 0 atom stereocenters. The predicted molar refractivity (Wildman–Crippen MR) is 105 cm³/mol. The van der Waals surface area contributed by atoms with Crippen molar-refractivity contribution in [2.45, 2.75) is 13.8 Å². The normalized spacial score (nSPS) is 12.2. The van der Waals surface area contributed by atoms with Gasteiger partial charge in [-0.1, -0.05) is 18.2 Å². The molecule has 1 aromatic heterocycles. The highest BCUT2D eigenvalue weighted by Gasteiger charge is 2.18. The van der Waals surface area contributed by atoms with Crippen LogP contribution in [0.4, 0.5) is 0 Å². The molecule has 1 heterocycles. The lowest BCUT2D eigenvalue weighted by Gasteiger charge is -2.14. The molecule has 3 N–H and O–H groups in total. The minimum absolute atomic E-state index is 0. The van der Waals surface area contributed by atoms with Crippen LogP contribution in [-0.4, -0.2) is 22.4 Å². The fraction of sp³-hybridized carbons (Fsp3) is 0.200. The molecular weight excluding hydrogens is 330 g/mol. The van der Waals surface area contributed by atoms with Gasteiger partial charge >= 0.3 is 5.69 Å². The number of allylic oxidation sites excluding steroid dienone is 2. The molecule has 6 nitrogen and oxygen atoms in total. The Bertz CT molecular complexity index is 1110. The van der Waals surface area contributed by atoms with Crippen molar-refractivity contribution in [1.82, 2.24) is 9.55 Å². The van der Waals surface area contributed by atoms with Crippen LogP contribution < -0.4 is 16.2 Å². The van der Waals surface area contributed by atoms with E-state index in [0.29, 0.717) is 28.1 Å². The van der Waals surface area contributed by atoms with Crippen LogP contribution in [0, 0.1) is 0 Å². The number of aromatic amines is 1. The summed E-state index contributed by atoms with van der Waals surface area (Å²) >= 11 is 0. The molecule has 0 unspecified atom stereocenters. The quantitative estimate of drug-likeness (QED) is 0.705. The maximum atomic E-state index is 12.2. The van der Waals surface area contributed by atoms with Gasteiger partial charge < -0.3 is 15.5 Å². The number of carbonyl (C=O) groups excluding carboxylic acids is 1. The number of fused-ring (bicyclic) bond motifs is 1. The minimum Gasteiger partial charge on any atom is -0.496 e. The molecule has 3 rings (SSSR count). The number of H-pyrrole nitrogens is 1. The van der Waals surface area contributed by atoms with Crippen molar-refractivity contribution in [3.63, 3.8) is 0 Å². The number of ketones is 1. The molecule has 136 valence electrons. The molecule has 0 fully saturated rings. The predicted octanol–water partition coefficient (Wildman–Crippen LogP) is 3.07. The number of aromatic nitrogens is 2. The summed E-state index contributed by atoms with van der Waals surface area (Å²) in [5.74, 6) is 0.547. The van der Waals surface area contributed by atoms with Crippen LogP contribution in [0.5, 0.6) is 5.75 Å². The third-order valence-corrected chi connectivity index (χ3v) is 4.42. The Morgan fingerprint density at radius 1 is 1.19 bits per heavy atom. The van der Waals surface area contributed by atoms with Crippen molar-refractivity contribution in [3.8, 4) is 16.9 Å². The number of nitrogens with two attached hydrogens (primary N) is 1. The first-order valence-corrected chi connectivity index (χ1v) is 8.19. The second-order valence-corrected chi connectivity index (χ2v) is 6.22. The number of aryl methyl sites for hydroxylation is 1. The highest BCUT2D eigenvalue weighted by molar-refractivity contribution is 6.21. The molecule has 3 aromatic rings. The average molecular weight is 353 g/mol. The second kappa shape index (κ2) is 6.55. The zero-order chi connectivity index (χ0) is 19.0. The highest BCUT2D eigenvalue weighted by Crippen LogP contribution is 2.36. The number of methoxy groups -OCH3 is 1. The molecule has 0 saturated heterocycles. The van der Waals surface area contributed by atoms with E-state index in [4.69, 9.17) is 10.5 Å². The summed E-state index contributed by atoms with van der Waals surface area (Å²) in [6, 6.07) is 11.2. The molecule has 0 aliphatic carbocycles. The van der Waals surface area contributed by atoms with Gasteiger partial charge in [0.15, 0.2) is 5.78 Å². The average Bonchev–Trinajstić information content (AvgIpc) is 2.88. The number of nitrogens with zero attached hydrogens (tertiary/aromatic N) is 1. The summed E-state index contributed by atoms with van der Waals surface area (Å²) in [4.78, 5) is 27.2. The summed E-state index contributed by atoms with van der Waals surface area (Å²) in [5.41, 5.74) is 10.2. The van der Waals surface area contributed by atoms with E-state index >= 15 is 0 Å². The van der Waals surface area contributed by atoms with Crippen LogP contribution in [0.1, 0.15) is 20.8 Å². The summed E-state index contributed by atoms with van der Waals surface area (Å²) in [7, 11) is 3.30. The van der Waals surface area contributed by atoms with Gasteiger partial charge in [0.05, 0.1) is 18.1 Å². The Hall–Kier alpha value is -3.28. The summed E-state index contributed by atoms with van der Waals surface area (Å²) in [5, 5.41) is 0.